The van der Waals surface area contributed by atoms with Gasteiger partial charge in [-0.1, -0.05) is 24.3 Å². The van der Waals surface area contributed by atoms with Gasteiger partial charge >= 0.3 is 0 Å². The number of anilines is 1. The van der Waals surface area contributed by atoms with Crippen LogP contribution in [-0.4, -0.2) is 24.1 Å². The van der Waals surface area contributed by atoms with Crippen LogP contribution < -0.4 is 10.6 Å². The maximum Gasteiger partial charge on any atom is 0.251 e. The summed E-state index contributed by atoms with van der Waals surface area (Å²) in [7, 11) is 0. The molecule has 2 aromatic rings. The van der Waals surface area contributed by atoms with E-state index in [2.05, 4.69) is 22.8 Å². The largest absolute Gasteiger partial charge is 0.351 e. The van der Waals surface area contributed by atoms with Crippen molar-refractivity contribution in [2.24, 2.45) is 5.92 Å². The summed E-state index contributed by atoms with van der Waals surface area (Å²) in [6.45, 7) is 0.594. The van der Waals surface area contributed by atoms with Crippen molar-refractivity contribution < 1.29 is 9.59 Å². The summed E-state index contributed by atoms with van der Waals surface area (Å²) >= 11 is 1.71. The lowest BCUT2D eigenvalue weighted by Crippen LogP contribution is -2.25. The normalized spacial score (nSPS) is 13.3. The van der Waals surface area contributed by atoms with E-state index in [1.165, 1.54) is 4.90 Å². The standard InChI is InChI=1S/C19H20N2O2S/c22-18(20-11-12-24-17-7-2-1-3-8-17)15-5-4-6-16(13-15)21-19(23)14-9-10-14/h1-8,13-14H,9-12H2,(H,20,22)(H,21,23). The van der Waals surface area contributed by atoms with Gasteiger partial charge in [0, 0.05) is 34.4 Å². The number of nitrogens with one attached hydrogen (secondary N) is 2. The van der Waals surface area contributed by atoms with Crippen LogP contribution in [0, 0.1) is 5.92 Å². The van der Waals surface area contributed by atoms with E-state index in [4.69, 9.17) is 0 Å². The van der Waals surface area contributed by atoms with Crippen molar-refractivity contribution >= 4 is 29.3 Å². The molecule has 1 aliphatic rings. The molecular formula is C19H20N2O2S. The van der Waals surface area contributed by atoms with Crippen LogP contribution in [-0.2, 0) is 4.79 Å². The summed E-state index contributed by atoms with van der Waals surface area (Å²) in [5.41, 5.74) is 1.24. The molecule has 2 aromatic carbocycles. The zero-order chi connectivity index (χ0) is 16.8. The van der Waals surface area contributed by atoms with Gasteiger partial charge in [0.15, 0.2) is 0 Å². The predicted molar refractivity (Wildman–Crippen MR) is 97.3 cm³/mol. The van der Waals surface area contributed by atoms with Gasteiger partial charge in [-0.3, -0.25) is 9.59 Å². The Morgan fingerprint density at radius 1 is 1.04 bits per heavy atom. The molecule has 0 saturated heterocycles. The number of carbonyl (C=O) groups is 2. The molecule has 0 heterocycles. The van der Waals surface area contributed by atoms with Crippen molar-refractivity contribution in [1.82, 2.24) is 5.32 Å². The summed E-state index contributed by atoms with van der Waals surface area (Å²) in [5.74, 6) is 0.893. The highest BCUT2D eigenvalue weighted by Crippen LogP contribution is 2.30. The number of hydrogen-bond acceptors (Lipinski definition) is 3. The van der Waals surface area contributed by atoms with Crippen LogP contribution in [0.4, 0.5) is 5.69 Å². The molecule has 124 valence electrons. The van der Waals surface area contributed by atoms with Crippen molar-refractivity contribution in [2.45, 2.75) is 17.7 Å². The Bertz CT molecular complexity index is 714. The Labute approximate surface area is 146 Å². The SMILES string of the molecule is O=C(NCCSc1ccccc1)c1cccc(NC(=O)C2CC2)c1. The van der Waals surface area contributed by atoms with E-state index in [1.807, 2.05) is 24.3 Å². The fraction of sp³-hybridized carbons (Fsp3) is 0.263. The first-order valence-corrected chi connectivity index (χ1v) is 9.08. The van der Waals surface area contributed by atoms with Gasteiger partial charge in [-0.2, -0.15) is 0 Å². The highest BCUT2D eigenvalue weighted by Gasteiger charge is 2.29. The van der Waals surface area contributed by atoms with Crippen LogP contribution in [0.2, 0.25) is 0 Å². The molecule has 1 saturated carbocycles. The van der Waals surface area contributed by atoms with Crippen molar-refractivity contribution in [3.05, 3.63) is 60.2 Å². The van der Waals surface area contributed by atoms with Crippen LogP contribution in [0.15, 0.2) is 59.5 Å². The predicted octanol–water partition coefficient (Wildman–Crippen LogP) is 3.56. The average Bonchev–Trinajstić information content (AvgIpc) is 3.45. The smallest absolute Gasteiger partial charge is 0.251 e. The van der Waals surface area contributed by atoms with Gasteiger partial charge in [0.25, 0.3) is 5.91 Å². The molecule has 0 aromatic heterocycles. The highest BCUT2D eigenvalue weighted by atomic mass is 32.2. The van der Waals surface area contributed by atoms with E-state index >= 15 is 0 Å². The third kappa shape index (κ3) is 4.86. The number of thioether (sulfide) groups is 1. The molecule has 1 fully saturated rings. The maximum atomic E-state index is 12.2. The summed E-state index contributed by atoms with van der Waals surface area (Å²) in [4.78, 5) is 25.2. The molecule has 4 nitrogen and oxygen atoms in total. The number of amides is 2. The molecule has 0 aliphatic heterocycles. The minimum atomic E-state index is -0.119. The Morgan fingerprint density at radius 2 is 1.83 bits per heavy atom. The fourth-order valence-corrected chi connectivity index (χ4v) is 3.07. The first kappa shape index (κ1) is 16.6. The van der Waals surface area contributed by atoms with Crippen molar-refractivity contribution in [2.75, 3.05) is 17.6 Å². The van der Waals surface area contributed by atoms with E-state index in [0.717, 1.165) is 18.6 Å². The van der Waals surface area contributed by atoms with Crippen molar-refractivity contribution in [3.63, 3.8) is 0 Å². The zero-order valence-corrected chi connectivity index (χ0v) is 14.1. The second-order valence-electron chi connectivity index (χ2n) is 5.76. The minimum Gasteiger partial charge on any atom is -0.351 e. The van der Waals surface area contributed by atoms with Crippen LogP contribution in [0.3, 0.4) is 0 Å². The zero-order valence-electron chi connectivity index (χ0n) is 13.3. The molecule has 0 unspecified atom stereocenters. The number of hydrogen-bond donors (Lipinski definition) is 2. The Morgan fingerprint density at radius 3 is 2.58 bits per heavy atom. The van der Waals surface area contributed by atoms with Crippen molar-refractivity contribution in [3.8, 4) is 0 Å². The Kier molecular flexibility index (Phi) is 5.54. The lowest BCUT2D eigenvalue weighted by Gasteiger charge is -2.08. The Hall–Kier alpha value is -2.27. The first-order valence-electron chi connectivity index (χ1n) is 8.09. The molecule has 0 atom stereocenters. The van der Waals surface area contributed by atoms with Gasteiger partial charge in [0.2, 0.25) is 5.91 Å². The molecule has 0 radical (unpaired) electrons. The number of rotatable bonds is 7. The molecule has 5 heteroatoms. The minimum absolute atomic E-state index is 0.0480. The molecule has 0 spiro atoms. The number of carbonyl (C=O) groups excluding carboxylic acids is 2. The molecule has 24 heavy (non-hydrogen) atoms. The molecular weight excluding hydrogens is 320 g/mol. The maximum absolute atomic E-state index is 12.2. The third-order valence-corrected chi connectivity index (χ3v) is 4.75. The third-order valence-electron chi connectivity index (χ3n) is 3.74. The van der Waals surface area contributed by atoms with E-state index in [1.54, 1.807) is 30.0 Å². The monoisotopic (exact) mass is 340 g/mol. The highest BCUT2D eigenvalue weighted by molar-refractivity contribution is 7.99. The van der Waals surface area contributed by atoms with Gasteiger partial charge < -0.3 is 10.6 Å². The first-order chi connectivity index (χ1) is 11.7. The van der Waals surface area contributed by atoms with E-state index in [-0.39, 0.29) is 17.7 Å². The van der Waals surface area contributed by atoms with Gasteiger partial charge in [-0.25, -0.2) is 0 Å². The van der Waals surface area contributed by atoms with Gasteiger partial charge in [0.05, 0.1) is 0 Å². The molecule has 3 rings (SSSR count). The lowest BCUT2D eigenvalue weighted by atomic mass is 10.2. The molecule has 1 aliphatic carbocycles. The molecule has 0 bridgehead atoms. The summed E-state index contributed by atoms with van der Waals surface area (Å²) < 4.78 is 0. The second kappa shape index (κ2) is 8.02. The Balaban J connectivity index is 1.46. The van der Waals surface area contributed by atoms with Gasteiger partial charge in [0.1, 0.15) is 0 Å². The summed E-state index contributed by atoms with van der Waals surface area (Å²) in [6, 6.07) is 17.2. The topological polar surface area (TPSA) is 58.2 Å². The van der Waals surface area contributed by atoms with Crippen LogP contribution in [0.5, 0.6) is 0 Å². The fourth-order valence-electron chi connectivity index (χ4n) is 2.28. The summed E-state index contributed by atoms with van der Waals surface area (Å²) in [5, 5.41) is 5.78. The van der Waals surface area contributed by atoms with E-state index in [9.17, 15) is 9.59 Å². The van der Waals surface area contributed by atoms with Gasteiger partial charge in [-0.15, -0.1) is 11.8 Å². The molecule has 2 amide bonds. The van der Waals surface area contributed by atoms with Crippen LogP contribution >= 0.6 is 11.8 Å². The molecule has 2 N–H and O–H groups in total. The average molecular weight is 340 g/mol. The quantitative estimate of drug-likeness (QED) is 0.598. The van der Waals surface area contributed by atoms with E-state index in [0.29, 0.717) is 17.8 Å². The van der Waals surface area contributed by atoms with Crippen molar-refractivity contribution in [1.29, 1.82) is 0 Å². The van der Waals surface area contributed by atoms with Gasteiger partial charge in [-0.05, 0) is 43.2 Å². The summed E-state index contributed by atoms with van der Waals surface area (Å²) in [6.07, 6.45) is 1.93. The second-order valence-corrected chi connectivity index (χ2v) is 6.93. The number of benzene rings is 2. The van der Waals surface area contributed by atoms with Crippen LogP contribution in [0.25, 0.3) is 0 Å². The lowest BCUT2D eigenvalue weighted by molar-refractivity contribution is -0.117. The van der Waals surface area contributed by atoms with E-state index < -0.39 is 0 Å². The van der Waals surface area contributed by atoms with Crippen LogP contribution in [0.1, 0.15) is 23.2 Å².